The van der Waals surface area contributed by atoms with E-state index in [1.165, 1.54) is 0 Å². The molecular weight excluding hydrogens is 346 g/mol. The van der Waals surface area contributed by atoms with Crippen molar-refractivity contribution >= 4 is 23.6 Å². The molecule has 1 aliphatic heterocycles. The maximum atomic E-state index is 12.7. The van der Waals surface area contributed by atoms with E-state index in [4.69, 9.17) is 4.74 Å². The second-order valence-corrected chi connectivity index (χ2v) is 8.10. The molecule has 1 aromatic carbocycles. The summed E-state index contributed by atoms with van der Waals surface area (Å²) in [6.07, 6.45) is 1.57. The van der Waals surface area contributed by atoms with Crippen molar-refractivity contribution in [3.63, 3.8) is 0 Å². The second kappa shape index (κ2) is 7.58. The summed E-state index contributed by atoms with van der Waals surface area (Å²) in [5.41, 5.74) is 0.754. The molecule has 1 N–H and O–H groups in total. The van der Waals surface area contributed by atoms with Gasteiger partial charge in [0.2, 0.25) is 5.91 Å². The molecule has 0 aromatic heterocycles. The van der Waals surface area contributed by atoms with Crippen LogP contribution in [-0.4, -0.2) is 59.5 Å². The summed E-state index contributed by atoms with van der Waals surface area (Å²) in [6, 6.07) is 6.96. The first-order valence-electron chi connectivity index (χ1n) is 9.41. The molecule has 0 bridgehead atoms. The SMILES string of the molecule is CC(C)(C)OC(=O)N1CCN(C(=O)c2ccc(NC(=O)C3CC3)cc2)CC1. The van der Waals surface area contributed by atoms with Gasteiger partial charge in [-0.25, -0.2) is 4.79 Å². The third-order valence-corrected chi connectivity index (χ3v) is 4.57. The molecule has 7 heteroatoms. The van der Waals surface area contributed by atoms with E-state index in [1.807, 2.05) is 20.8 Å². The molecule has 1 saturated carbocycles. The van der Waals surface area contributed by atoms with Crippen molar-refractivity contribution in [3.8, 4) is 0 Å². The highest BCUT2D eigenvalue weighted by Crippen LogP contribution is 2.30. The molecule has 27 heavy (non-hydrogen) atoms. The van der Waals surface area contributed by atoms with Crippen molar-refractivity contribution in [1.29, 1.82) is 0 Å². The lowest BCUT2D eigenvalue weighted by Crippen LogP contribution is -2.51. The number of ether oxygens (including phenoxy) is 1. The zero-order valence-electron chi connectivity index (χ0n) is 16.2. The van der Waals surface area contributed by atoms with Gasteiger partial charge < -0.3 is 19.9 Å². The first-order chi connectivity index (χ1) is 12.7. The van der Waals surface area contributed by atoms with Crippen molar-refractivity contribution < 1.29 is 19.1 Å². The Morgan fingerprint density at radius 3 is 2.04 bits per heavy atom. The maximum absolute atomic E-state index is 12.7. The Morgan fingerprint density at radius 1 is 0.963 bits per heavy atom. The molecule has 1 aliphatic carbocycles. The van der Waals surface area contributed by atoms with Crippen LogP contribution in [0.2, 0.25) is 0 Å². The Hall–Kier alpha value is -2.57. The monoisotopic (exact) mass is 373 g/mol. The van der Waals surface area contributed by atoms with Crippen molar-refractivity contribution in [2.24, 2.45) is 5.92 Å². The van der Waals surface area contributed by atoms with E-state index in [0.29, 0.717) is 37.4 Å². The molecule has 2 aliphatic rings. The van der Waals surface area contributed by atoms with Crippen LogP contribution in [-0.2, 0) is 9.53 Å². The summed E-state index contributed by atoms with van der Waals surface area (Å²) in [5, 5.41) is 2.86. The van der Waals surface area contributed by atoms with Gasteiger partial charge in [-0.2, -0.15) is 0 Å². The number of nitrogens with one attached hydrogen (secondary N) is 1. The molecule has 3 rings (SSSR count). The minimum atomic E-state index is -0.527. The lowest BCUT2D eigenvalue weighted by Gasteiger charge is -2.35. The predicted octanol–water partition coefficient (Wildman–Crippen LogP) is 2.73. The molecule has 0 atom stereocenters. The highest BCUT2D eigenvalue weighted by atomic mass is 16.6. The number of piperazine rings is 1. The second-order valence-electron chi connectivity index (χ2n) is 8.10. The molecule has 0 spiro atoms. The largest absolute Gasteiger partial charge is 0.444 e. The molecule has 1 heterocycles. The highest BCUT2D eigenvalue weighted by Gasteiger charge is 2.30. The minimum absolute atomic E-state index is 0.0485. The summed E-state index contributed by atoms with van der Waals surface area (Å²) in [6.45, 7) is 7.35. The van der Waals surface area contributed by atoms with E-state index >= 15 is 0 Å². The number of nitrogens with zero attached hydrogens (tertiary/aromatic N) is 2. The quantitative estimate of drug-likeness (QED) is 0.884. The number of benzene rings is 1. The number of anilines is 1. The molecule has 1 saturated heterocycles. The van der Waals surface area contributed by atoms with E-state index < -0.39 is 5.60 Å². The third-order valence-electron chi connectivity index (χ3n) is 4.57. The molecule has 0 unspecified atom stereocenters. The molecule has 0 radical (unpaired) electrons. The van der Waals surface area contributed by atoms with E-state index in [1.54, 1.807) is 34.1 Å². The van der Waals surface area contributed by atoms with Gasteiger partial charge in [0.25, 0.3) is 5.91 Å². The number of rotatable bonds is 3. The van der Waals surface area contributed by atoms with Crippen LogP contribution in [0.1, 0.15) is 44.0 Å². The fourth-order valence-electron chi connectivity index (χ4n) is 2.89. The highest BCUT2D eigenvalue weighted by molar-refractivity contribution is 5.97. The standard InChI is InChI=1S/C20H27N3O4/c1-20(2,3)27-19(26)23-12-10-22(11-13-23)18(25)15-6-8-16(9-7-15)21-17(24)14-4-5-14/h6-9,14H,4-5,10-13H2,1-3H3,(H,21,24). The van der Waals surface area contributed by atoms with E-state index in [9.17, 15) is 14.4 Å². The number of hydrogen-bond acceptors (Lipinski definition) is 4. The Morgan fingerprint density at radius 2 is 1.52 bits per heavy atom. The topological polar surface area (TPSA) is 79.0 Å². The fraction of sp³-hybridized carbons (Fsp3) is 0.550. The summed E-state index contributed by atoms with van der Waals surface area (Å²) in [7, 11) is 0. The molecule has 2 fully saturated rings. The van der Waals surface area contributed by atoms with Crippen LogP contribution in [0.25, 0.3) is 0 Å². The number of hydrogen-bond donors (Lipinski definition) is 1. The van der Waals surface area contributed by atoms with E-state index in [-0.39, 0.29) is 23.8 Å². The first-order valence-corrected chi connectivity index (χ1v) is 9.41. The fourth-order valence-corrected chi connectivity index (χ4v) is 2.89. The number of carbonyl (C=O) groups excluding carboxylic acids is 3. The minimum Gasteiger partial charge on any atom is -0.444 e. The Kier molecular flexibility index (Phi) is 5.39. The van der Waals surface area contributed by atoms with Gasteiger partial charge in [0, 0.05) is 43.3 Å². The van der Waals surface area contributed by atoms with Gasteiger partial charge in [-0.1, -0.05) is 0 Å². The van der Waals surface area contributed by atoms with Gasteiger partial charge in [-0.3, -0.25) is 9.59 Å². The molecular formula is C20H27N3O4. The Bertz CT molecular complexity index is 712. The van der Waals surface area contributed by atoms with Gasteiger partial charge in [0.1, 0.15) is 5.60 Å². The van der Waals surface area contributed by atoms with Crippen LogP contribution in [0, 0.1) is 5.92 Å². The average Bonchev–Trinajstić information content (AvgIpc) is 3.46. The van der Waals surface area contributed by atoms with Crippen LogP contribution >= 0.6 is 0 Å². The smallest absolute Gasteiger partial charge is 0.410 e. The summed E-state index contributed by atoms with van der Waals surface area (Å²) in [4.78, 5) is 39.9. The Balaban J connectivity index is 1.51. The maximum Gasteiger partial charge on any atom is 0.410 e. The summed E-state index contributed by atoms with van der Waals surface area (Å²) in [5.74, 6) is 0.124. The van der Waals surface area contributed by atoms with Crippen molar-refractivity contribution in [2.75, 3.05) is 31.5 Å². The predicted molar refractivity (Wildman–Crippen MR) is 102 cm³/mol. The van der Waals surface area contributed by atoms with Crippen molar-refractivity contribution in [3.05, 3.63) is 29.8 Å². The van der Waals surface area contributed by atoms with Crippen LogP contribution in [0.3, 0.4) is 0 Å². The van der Waals surface area contributed by atoms with Gasteiger partial charge in [0.15, 0.2) is 0 Å². The van der Waals surface area contributed by atoms with E-state index in [0.717, 1.165) is 12.8 Å². The first kappa shape index (κ1) is 19.2. The van der Waals surface area contributed by atoms with Gasteiger partial charge in [-0.15, -0.1) is 0 Å². The molecule has 3 amide bonds. The average molecular weight is 373 g/mol. The lowest BCUT2D eigenvalue weighted by atomic mass is 10.1. The Labute approximate surface area is 159 Å². The number of amides is 3. The summed E-state index contributed by atoms with van der Waals surface area (Å²) >= 11 is 0. The van der Waals surface area contributed by atoms with Crippen LogP contribution < -0.4 is 5.32 Å². The van der Waals surface area contributed by atoms with Gasteiger partial charge in [-0.05, 0) is 57.9 Å². The zero-order chi connectivity index (χ0) is 19.6. The summed E-state index contributed by atoms with van der Waals surface area (Å²) < 4.78 is 5.37. The normalized spacial score (nSPS) is 17.4. The molecule has 7 nitrogen and oxygen atoms in total. The van der Waals surface area contributed by atoms with Crippen molar-refractivity contribution in [1.82, 2.24) is 9.80 Å². The van der Waals surface area contributed by atoms with Crippen LogP contribution in [0.4, 0.5) is 10.5 Å². The molecule has 146 valence electrons. The molecule has 1 aromatic rings. The van der Waals surface area contributed by atoms with Gasteiger partial charge >= 0.3 is 6.09 Å². The zero-order valence-corrected chi connectivity index (χ0v) is 16.2. The third kappa shape index (κ3) is 5.21. The van der Waals surface area contributed by atoms with Crippen LogP contribution in [0.5, 0.6) is 0 Å². The lowest BCUT2D eigenvalue weighted by molar-refractivity contribution is -0.117. The van der Waals surface area contributed by atoms with Gasteiger partial charge in [0.05, 0.1) is 0 Å². The van der Waals surface area contributed by atoms with E-state index in [2.05, 4.69) is 5.32 Å². The van der Waals surface area contributed by atoms with Crippen molar-refractivity contribution in [2.45, 2.75) is 39.2 Å². The van der Waals surface area contributed by atoms with Crippen LogP contribution in [0.15, 0.2) is 24.3 Å². The number of carbonyl (C=O) groups is 3.